The normalized spacial score (nSPS) is 57.3. The first-order chi connectivity index (χ1) is 11.9. The van der Waals surface area contributed by atoms with Crippen LogP contribution >= 0.6 is 31.9 Å². The standard InChI is InChI=1S/C20H26Br2O3/c1-19-8-14(21)18(24)17(22)13(19)3-2-10-11(19)6-7-20-9-16(23)25-15(20)5-4-12(10)20/h10-15,17H,2-9H2,1H3/t10?,11?,12?,13?,14?,15-,17?,19+,20+/m0/s1. The maximum atomic E-state index is 12.5. The third-order valence-electron chi connectivity index (χ3n) is 8.88. The SMILES string of the molecule is C[C@]12CC(Br)C(=O)C(Br)C1CCC1C2CC[C@]23CC(=O)O[C@H]2CCC13. The summed E-state index contributed by atoms with van der Waals surface area (Å²) in [5, 5.41) is 0. The molecule has 0 aromatic heterocycles. The summed E-state index contributed by atoms with van der Waals surface area (Å²) in [4.78, 5) is 24.5. The van der Waals surface area contributed by atoms with Crippen LogP contribution in [0.2, 0.25) is 0 Å². The Bertz CT molecular complexity index is 636. The van der Waals surface area contributed by atoms with Gasteiger partial charge in [-0.2, -0.15) is 0 Å². The van der Waals surface area contributed by atoms with Crippen LogP contribution in [-0.4, -0.2) is 27.5 Å². The Balaban J connectivity index is 1.49. The first kappa shape index (κ1) is 17.2. The van der Waals surface area contributed by atoms with Crippen LogP contribution in [0.3, 0.4) is 0 Å². The Morgan fingerprint density at radius 1 is 1.00 bits per heavy atom. The van der Waals surface area contributed by atoms with E-state index in [0.29, 0.717) is 35.9 Å². The molecule has 0 aromatic carbocycles. The zero-order chi connectivity index (χ0) is 17.6. The predicted molar refractivity (Wildman–Crippen MR) is 102 cm³/mol. The molecule has 1 spiro atoms. The minimum Gasteiger partial charge on any atom is -0.462 e. The number of alkyl halides is 2. The van der Waals surface area contributed by atoms with Crippen LogP contribution in [0, 0.1) is 34.5 Å². The summed E-state index contributed by atoms with van der Waals surface area (Å²) in [5.41, 5.74) is 0.371. The number of carbonyl (C=O) groups is 2. The van der Waals surface area contributed by atoms with E-state index in [0.717, 1.165) is 25.7 Å². The van der Waals surface area contributed by atoms with Crippen LogP contribution in [0.1, 0.15) is 58.3 Å². The van der Waals surface area contributed by atoms with E-state index in [1.807, 2.05) is 0 Å². The van der Waals surface area contributed by atoms with Gasteiger partial charge in [-0.05, 0) is 74.0 Å². The van der Waals surface area contributed by atoms with Crippen molar-refractivity contribution in [3.05, 3.63) is 0 Å². The van der Waals surface area contributed by atoms with Crippen LogP contribution < -0.4 is 0 Å². The molecule has 0 amide bonds. The van der Waals surface area contributed by atoms with Gasteiger partial charge in [-0.3, -0.25) is 9.59 Å². The maximum absolute atomic E-state index is 12.5. The minimum absolute atomic E-state index is 0.000167. The molecule has 1 saturated heterocycles. The highest BCUT2D eigenvalue weighted by atomic mass is 79.9. The second-order valence-corrected chi connectivity index (χ2v) is 11.6. The number of esters is 1. The van der Waals surface area contributed by atoms with Crippen LogP contribution in [0.15, 0.2) is 0 Å². The molecule has 5 fully saturated rings. The lowest BCUT2D eigenvalue weighted by atomic mass is 9.45. The molecule has 0 aromatic rings. The molecule has 4 saturated carbocycles. The molecule has 4 aliphatic carbocycles. The van der Waals surface area contributed by atoms with Crippen LogP contribution in [-0.2, 0) is 14.3 Å². The van der Waals surface area contributed by atoms with Crippen molar-refractivity contribution in [1.82, 2.24) is 0 Å². The van der Waals surface area contributed by atoms with Crippen molar-refractivity contribution in [3.8, 4) is 0 Å². The molecule has 1 heterocycles. The van der Waals surface area contributed by atoms with Crippen LogP contribution in [0.5, 0.6) is 0 Å². The molecule has 5 rings (SSSR count). The fourth-order valence-electron chi connectivity index (χ4n) is 7.87. The highest BCUT2D eigenvalue weighted by Gasteiger charge is 2.66. The van der Waals surface area contributed by atoms with Crippen molar-refractivity contribution in [2.75, 3.05) is 0 Å². The summed E-state index contributed by atoms with van der Waals surface area (Å²) >= 11 is 7.42. The second kappa shape index (κ2) is 5.56. The van der Waals surface area contributed by atoms with Crippen molar-refractivity contribution in [2.45, 2.75) is 74.0 Å². The molecular weight excluding hydrogens is 448 g/mol. The maximum Gasteiger partial charge on any atom is 0.306 e. The number of fused-ring (bicyclic) bond motifs is 4. The average molecular weight is 474 g/mol. The number of rotatable bonds is 0. The lowest BCUT2D eigenvalue weighted by Crippen LogP contribution is -2.58. The number of Topliss-reactive ketones (excluding diaryl/α,β-unsaturated/α-hetero) is 1. The number of ketones is 1. The fraction of sp³-hybridized carbons (Fsp3) is 0.900. The number of hydrogen-bond donors (Lipinski definition) is 0. The quantitative estimate of drug-likeness (QED) is 0.380. The highest BCUT2D eigenvalue weighted by Crippen LogP contribution is 2.69. The summed E-state index contributed by atoms with van der Waals surface area (Å²) in [6.07, 6.45) is 8.84. The lowest BCUT2D eigenvalue weighted by molar-refractivity contribution is -0.141. The Hall–Kier alpha value is 0.1000. The van der Waals surface area contributed by atoms with E-state index < -0.39 is 0 Å². The van der Waals surface area contributed by atoms with Gasteiger partial charge in [-0.25, -0.2) is 0 Å². The van der Waals surface area contributed by atoms with E-state index in [4.69, 9.17) is 4.74 Å². The zero-order valence-corrected chi connectivity index (χ0v) is 17.9. The molecule has 1 aliphatic heterocycles. The van der Waals surface area contributed by atoms with Crippen molar-refractivity contribution in [3.63, 3.8) is 0 Å². The van der Waals surface area contributed by atoms with E-state index >= 15 is 0 Å². The van der Waals surface area contributed by atoms with Crippen molar-refractivity contribution in [2.24, 2.45) is 34.5 Å². The molecule has 5 heteroatoms. The molecule has 6 unspecified atom stereocenters. The number of halogens is 2. The summed E-state index contributed by atoms with van der Waals surface area (Å²) in [5.74, 6) is 2.89. The van der Waals surface area contributed by atoms with E-state index in [9.17, 15) is 9.59 Å². The van der Waals surface area contributed by atoms with Gasteiger partial charge in [0.25, 0.3) is 0 Å². The van der Waals surface area contributed by atoms with Gasteiger partial charge in [-0.15, -0.1) is 0 Å². The van der Waals surface area contributed by atoms with Crippen molar-refractivity contribution >= 4 is 43.6 Å². The van der Waals surface area contributed by atoms with Gasteiger partial charge >= 0.3 is 5.97 Å². The minimum atomic E-state index is -0.0134. The number of hydrogen-bond acceptors (Lipinski definition) is 3. The molecule has 0 radical (unpaired) electrons. The third-order valence-corrected chi connectivity index (χ3v) is 10.7. The van der Waals surface area contributed by atoms with Crippen LogP contribution in [0.4, 0.5) is 0 Å². The van der Waals surface area contributed by atoms with Gasteiger partial charge in [0.15, 0.2) is 5.78 Å². The lowest BCUT2D eigenvalue weighted by Gasteiger charge is -2.61. The van der Waals surface area contributed by atoms with Crippen LogP contribution in [0.25, 0.3) is 0 Å². The van der Waals surface area contributed by atoms with Crippen molar-refractivity contribution in [1.29, 1.82) is 0 Å². The largest absolute Gasteiger partial charge is 0.462 e. The molecule has 0 bridgehead atoms. The van der Waals surface area contributed by atoms with Gasteiger partial charge in [0, 0.05) is 5.41 Å². The van der Waals surface area contributed by atoms with Crippen molar-refractivity contribution < 1.29 is 14.3 Å². The summed E-state index contributed by atoms with van der Waals surface area (Å²) in [6, 6.07) is 0. The molecule has 0 N–H and O–H groups in total. The first-order valence-corrected chi connectivity index (χ1v) is 11.7. The smallest absolute Gasteiger partial charge is 0.306 e. The zero-order valence-electron chi connectivity index (χ0n) is 14.7. The molecular formula is C20H26Br2O3. The fourth-order valence-corrected chi connectivity index (χ4v) is 10.4. The molecule has 9 atom stereocenters. The number of carbonyl (C=O) groups excluding carboxylic acids is 2. The Kier molecular flexibility index (Phi) is 3.83. The van der Waals surface area contributed by atoms with E-state index in [-0.39, 0.29) is 32.6 Å². The molecule has 3 nitrogen and oxygen atoms in total. The van der Waals surface area contributed by atoms with Gasteiger partial charge in [0.05, 0.1) is 16.1 Å². The first-order valence-electron chi connectivity index (χ1n) is 9.88. The van der Waals surface area contributed by atoms with E-state index in [1.54, 1.807) is 0 Å². The van der Waals surface area contributed by atoms with E-state index in [1.165, 1.54) is 19.3 Å². The van der Waals surface area contributed by atoms with Gasteiger partial charge < -0.3 is 4.74 Å². The monoisotopic (exact) mass is 472 g/mol. The topological polar surface area (TPSA) is 43.4 Å². The third kappa shape index (κ3) is 2.14. The number of ether oxygens (including phenoxy) is 1. The molecule has 25 heavy (non-hydrogen) atoms. The molecule has 5 aliphatic rings. The Labute approximate surface area is 166 Å². The highest BCUT2D eigenvalue weighted by molar-refractivity contribution is 9.10. The van der Waals surface area contributed by atoms with Gasteiger partial charge in [0.1, 0.15) is 6.10 Å². The Morgan fingerprint density at radius 3 is 2.56 bits per heavy atom. The summed E-state index contributed by atoms with van der Waals surface area (Å²) < 4.78 is 5.71. The average Bonchev–Trinajstić information content (AvgIpc) is 3.05. The second-order valence-electron chi connectivity index (χ2n) is 9.55. The Morgan fingerprint density at radius 2 is 1.76 bits per heavy atom. The van der Waals surface area contributed by atoms with Gasteiger partial charge in [0.2, 0.25) is 0 Å². The predicted octanol–water partition coefficient (Wildman–Crippen LogP) is 4.64. The summed E-state index contributed by atoms with van der Waals surface area (Å²) in [6.45, 7) is 2.45. The van der Waals surface area contributed by atoms with Gasteiger partial charge in [-0.1, -0.05) is 38.8 Å². The van der Waals surface area contributed by atoms with E-state index in [2.05, 4.69) is 38.8 Å². The molecule has 138 valence electrons. The summed E-state index contributed by atoms with van der Waals surface area (Å²) in [7, 11) is 0.